The molecule has 182 valence electrons. The number of esters is 1. The molecular formula is C20H28ClN4O7P. The van der Waals surface area contributed by atoms with E-state index in [1.807, 2.05) is 0 Å². The number of pyridine rings is 1. The highest BCUT2D eigenvalue weighted by atomic mass is 35.5. The molecule has 2 saturated heterocycles. The summed E-state index contributed by atoms with van der Waals surface area (Å²) in [6, 6.07) is 1.66. The maximum Gasteiger partial charge on any atom is 0.475 e. The number of nitrogens with zero attached hydrogens (tertiary/aromatic N) is 3. The molecule has 0 radical (unpaired) electrons. The Kier molecular flexibility index (Phi) is 6.74. The molecule has 2 N–H and O–H groups in total. The lowest BCUT2D eigenvalue weighted by atomic mass is 10.0. The van der Waals surface area contributed by atoms with Crippen LogP contribution in [0.25, 0.3) is 11.2 Å². The summed E-state index contributed by atoms with van der Waals surface area (Å²) in [4.78, 5) is 19.5. The molecule has 2 aliphatic rings. The van der Waals surface area contributed by atoms with Crippen molar-refractivity contribution in [1.29, 1.82) is 0 Å². The summed E-state index contributed by atoms with van der Waals surface area (Å²) in [6.45, 7) is 6.94. The van der Waals surface area contributed by atoms with Crippen molar-refractivity contribution in [3.05, 3.63) is 18.6 Å². The second kappa shape index (κ2) is 9.13. The number of fused-ring (bicyclic) bond motifs is 2. The van der Waals surface area contributed by atoms with Gasteiger partial charge < -0.3 is 15.2 Å². The Balaban J connectivity index is 1.43. The summed E-state index contributed by atoms with van der Waals surface area (Å²) in [7, 11) is -3.91. The highest BCUT2D eigenvalue weighted by Gasteiger charge is 2.60. The van der Waals surface area contributed by atoms with Crippen molar-refractivity contribution in [2.24, 2.45) is 5.92 Å². The van der Waals surface area contributed by atoms with E-state index in [2.05, 4.69) is 9.97 Å². The predicted molar refractivity (Wildman–Crippen MR) is 120 cm³/mol. The van der Waals surface area contributed by atoms with Crippen molar-refractivity contribution in [2.45, 2.75) is 63.5 Å². The number of nitrogens with two attached hydrogens (primary N) is 1. The highest BCUT2D eigenvalue weighted by molar-refractivity contribution is 7.48. The van der Waals surface area contributed by atoms with Crippen LogP contribution in [-0.2, 0) is 32.4 Å². The van der Waals surface area contributed by atoms with Crippen LogP contribution >= 0.6 is 19.4 Å². The van der Waals surface area contributed by atoms with Gasteiger partial charge in [-0.2, -0.15) is 0 Å². The number of nitrogen functional groups attached to an aromatic ring is 1. The molecule has 4 rings (SSSR count). The molecule has 4 heterocycles. The molecule has 2 fully saturated rings. The van der Waals surface area contributed by atoms with Crippen LogP contribution in [0.1, 0.15) is 40.3 Å². The largest absolute Gasteiger partial charge is 0.475 e. The van der Waals surface area contributed by atoms with E-state index >= 15 is 0 Å². The Morgan fingerprint density at radius 2 is 2.18 bits per heavy atom. The van der Waals surface area contributed by atoms with Gasteiger partial charge in [0, 0.05) is 6.20 Å². The van der Waals surface area contributed by atoms with Crippen LogP contribution in [0.4, 0.5) is 5.69 Å². The molecule has 0 spiro atoms. The maximum absolute atomic E-state index is 13.1. The first-order valence-electron chi connectivity index (χ1n) is 10.7. The molecule has 6 atom stereocenters. The number of phosphoric acid groups is 1. The van der Waals surface area contributed by atoms with Crippen molar-refractivity contribution in [2.75, 3.05) is 18.9 Å². The van der Waals surface area contributed by atoms with Crippen molar-refractivity contribution < 1.29 is 32.4 Å². The van der Waals surface area contributed by atoms with Gasteiger partial charge in [0.05, 0.1) is 37.3 Å². The average Bonchev–Trinajstić information content (AvgIpc) is 3.27. The van der Waals surface area contributed by atoms with Gasteiger partial charge in [0.2, 0.25) is 0 Å². The Bertz CT molecular complexity index is 1080. The molecule has 0 aliphatic carbocycles. The molecule has 11 nitrogen and oxygen atoms in total. The number of halogens is 1. The number of anilines is 1. The SMILES string of the molecule is CC(C)OC(=O)[C@@H](C)CCO[P@]1(=O)OC[C@H]2O[C@@H](n3cnc4c(N)ccnc43)[C@](C)(Cl)[C@@H]2O1. The molecular weight excluding hydrogens is 475 g/mol. The molecule has 2 aromatic rings. The second-order valence-electron chi connectivity index (χ2n) is 8.68. The molecule has 0 aromatic carbocycles. The number of rotatable bonds is 7. The highest BCUT2D eigenvalue weighted by Crippen LogP contribution is 2.60. The molecule has 0 bridgehead atoms. The number of aromatic nitrogens is 3. The zero-order valence-corrected chi connectivity index (χ0v) is 20.5. The Morgan fingerprint density at radius 1 is 1.42 bits per heavy atom. The monoisotopic (exact) mass is 502 g/mol. The molecule has 13 heteroatoms. The first kappa shape index (κ1) is 24.4. The van der Waals surface area contributed by atoms with Gasteiger partial charge in [0.1, 0.15) is 22.6 Å². The molecule has 0 amide bonds. The standard InChI is InChI=1S/C20H28ClN4O7P/c1-11(2)30-18(26)12(3)6-8-28-33(27)29-9-14-16(32-33)20(4,21)19(31-14)25-10-24-15-13(22)5-7-23-17(15)25/h5,7,10-12,14,16,19H,6,8-9H2,1-4H3,(H2,22,23)/t12-,14+,16+,19+,20+,33+/m0/s1. The van der Waals surface area contributed by atoms with E-state index in [1.54, 1.807) is 50.9 Å². The number of hydrogen-bond acceptors (Lipinski definition) is 10. The van der Waals surface area contributed by atoms with Gasteiger partial charge in [-0.3, -0.25) is 22.9 Å². The number of hydrogen-bond donors (Lipinski definition) is 1. The molecule has 33 heavy (non-hydrogen) atoms. The number of phosphoric ester groups is 1. The number of imidazole rings is 1. The first-order valence-corrected chi connectivity index (χ1v) is 12.5. The van der Waals surface area contributed by atoms with Crippen LogP contribution in [0.5, 0.6) is 0 Å². The van der Waals surface area contributed by atoms with E-state index in [1.165, 1.54) is 0 Å². The quantitative estimate of drug-likeness (QED) is 0.340. The Hall–Kier alpha value is -1.75. The minimum atomic E-state index is -3.91. The van der Waals surface area contributed by atoms with E-state index in [4.69, 9.17) is 40.4 Å². The Labute approximate surface area is 196 Å². The van der Waals surface area contributed by atoms with Gasteiger partial charge in [-0.1, -0.05) is 6.92 Å². The number of alkyl halides is 1. The average molecular weight is 503 g/mol. The van der Waals surface area contributed by atoms with E-state index in [0.717, 1.165) is 0 Å². The van der Waals surface area contributed by atoms with Crippen molar-refractivity contribution in [1.82, 2.24) is 14.5 Å². The van der Waals surface area contributed by atoms with Crippen LogP contribution in [0.2, 0.25) is 0 Å². The normalized spacial score (nSPS) is 32.7. The minimum Gasteiger partial charge on any atom is -0.463 e. The summed E-state index contributed by atoms with van der Waals surface area (Å²) in [6.07, 6.45) is 1.11. The zero-order valence-electron chi connectivity index (χ0n) is 18.8. The lowest BCUT2D eigenvalue weighted by molar-refractivity contribution is -0.152. The first-order chi connectivity index (χ1) is 15.5. The van der Waals surface area contributed by atoms with Crippen molar-refractivity contribution >= 4 is 42.2 Å². The summed E-state index contributed by atoms with van der Waals surface area (Å²) in [5.74, 6) is -0.775. The minimum absolute atomic E-state index is 0.0122. The second-order valence-corrected chi connectivity index (χ2v) is 11.1. The van der Waals surface area contributed by atoms with Crippen LogP contribution in [-0.4, -0.2) is 56.9 Å². The fourth-order valence-electron chi connectivity index (χ4n) is 3.84. The molecule has 2 aromatic heterocycles. The van der Waals surface area contributed by atoms with Gasteiger partial charge in [-0.25, -0.2) is 14.5 Å². The third-order valence-corrected chi connectivity index (χ3v) is 7.47. The lowest BCUT2D eigenvalue weighted by Crippen LogP contribution is -2.44. The fourth-order valence-corrected chi connectivity index (χ4v) is 5.73. The summed E-state index contributed by atoms with van der Waals surface area (Å²) in [5.41, 5.74) is 7.50. The van der Waals surface area contributed by atoms with Gasteiger partial charge in [-0.15, -0.1) is 11.6 Å². The van der Waals surface area contributed by atoms with Crippen LogP contribution in [0, 0.1) is 5.92 Å². The zero-order chi connectivity index (χ0) is 24.0. The predicted octanol–water partition coefficient (Wildman–Crippen LogP) is 3.43. The number of carbonyl (C=O) groups is 1. The van der Waals surface area contributed by atoms with E-state index < -0.39 is 37.1 Å². The summed E-state index contributed by atoms with van der Waals surface area (Å²) < 4.78 is 42.6. The fraction of sp³-hybridized carbons (Fsp3) is 0.650. The van der Waals surface area contributed by atoms with Crippen LogP contribution in [0.15, 0.2) is 18.6 Å². The molecule has 0 unspecified atom stereocenters. The Morgan fingerprint density at radius 3 is 2.91 bits per heavy atom. The number of ether oxygens (including phenoxy) is 2. The number of carbonyl (C=O) groups excluding carboxylic acids is 1. The lowest BCUT2D eigenvalue weighted by Gasteiger charge is -2.34. The van der Waals surface area contributed by atoms with Crippen molar-refractivity contribution in [3.63, 3.8) is 0 Å². The van der Waals surface area contributed by atoms with E-state index in [0.29, 0.717) is 23.3 Å². The summed E-state index contributed by atoms with van der Waals surface area (Å²) >= 11 is 6.89. The van der Waals surface area contributed by atoms with E-state index in [-0.39, 0.29) is 25.3 Å². The summed E-state index contributed by atoms with van der Waals surface area (Å²) in [5, 5.41) is 0. The smallest absolute Gasteiger partial charge is 0.463 e. The third kappa shape index (κ3) is 4.76. The topological polar surface area (TPSA) is 137 Å². The van der Waals surface area contributed by atoms with Gasteiger partial charge in [0.25, 0.3) is 0 Å². The van der Waals surface area contributed by atoms with Crippen LogP contribution < -0.4 is 5.73 Å². The van der Waals surface area contributed by atoms with E-state index in [9.17, 15) is 9.36 Å². The van der Waals surface area contributed by atoms with Gasteiger partial charge in [0.15, 0.2) is 11.9 Å². The molecule has 2 aliphatic heterocycles. The van der Waals surface area contributed by atoms with Gasteiger partial charge >= 0.3 is 13.8 Å². The third-order valence-electron chi connectivity index (χ3n) is 5.62. The maximum atomic E-state index is 13.1. The van der Waals surface area contributed by atoms with Crippen molar-refractivity contribution in [3.8, 4) is 0 Å². The van der Waals surface area contributed by atoms with Gasteiger partial charge in [-0.05, 0) is 33.3 Å². The van der Waals surface area contributed by atoms with Crippen LogP contribution in [0.3, 0.4) is 0 Å². The molecule has 0 saturated carbocycles.